The van der Waals surface area contributed by atoms with E-state index in [0.29, 0.717) is 6.10 Å². The Morgan fingerprint density at radius 1 is 1.47 bits per heavy atom. The molecule has 1 aromatic rings. The number of hydrogen-bond acceptors (Lipinski definition) is 4. The molecule has 19 heavy (non-hydrogen) atoms. The van der Waals surface area contributed by atoms with Crippen molar-refractivity contribution >= 4 is 11.3 Å². The highest BCUT2D eigenvalue weighted by Crippen LogP contribution is 2.25. The van der Waals surface area contributed by atoms with Crippen LogP contribution in [0.2, 0.25) is 0 Å². The minimum absolute atomic E-state index is 0.378. The summed E-state index contributed by atoms with van der Waals surface area (Å²) in [4.78, 5) is 5.48. The van der Waals surface area contributed by atoms with Gasteiger partial charge in [0.1, 0.15) is 0 Å². The van der Waals surface area contributed by atoms with Gasteiger partial charge in [0, 0.05) is 42.0 Å². The quantitative estimate of drug-likeness (QED) is 0.897. The third kappa shape index (κ3) is 3.78. The minimum atomic E-state index is 0.378. The van der Waals surface area contributed by atoms with E-state index in [0.717, 1.165) is 38.8 Å². The van der Waals surface area contributed by atoms with Gasteiger partial charge >= 0.3 is 0 Å². The number of nitrogens with one attached hydrogen (secondary N) is 1. The third-order valence-corrected chi connectivity index (χ3v) is 5.03. The Hall–Kier alpha value is -0.420. The van der Waals surface area contributed by atoms with Gasteiger partial charge in [-0.05, 0) is 38.3 Å². The zero-order chi connectivity index (χ0) is 13.2. The first-order valence-corrected chi connectivity index (χ1v) is 8.18. The maximum absolute atomic E-state index is 5.60. The van der Waals surface area contributed by atoms with E-state index in [9.17, 15) is 0 Å². The average molecular weight is 280 g/mol. The molecule has 2 aliphatic rings. The van der Waals surface area contributed by atoms with E-state index in [4.69, 9.17) is 4.74 Å². The number of aryl methyl sites for hydroxylation is 1. The van der Waals surface area contributed by atoms with E-state index in [-0.39, 0.29) is 0 Å². The predicted octanol–water partition coefficient (Wildman–Crippen LogP) is 2.53. The van der Waals surface area contributed by atoms with E-state index in [1.54, 1.807) is 0 Å². The van der Waals surface area contributed by atoms with Gasteiger partial charge in [0.05, 0.1) is 12.7 Å². The number of nitrogens with zero attached hydrogens (tertiary/aromatic N) is 1. The fourth-order valence-corrected chi connectivity index (χ4v) is 3.64. The summed E-state index contributed by atoms with van der Waals surface area (Å²) in [5, 5.41) is 3.60. The van der Waals surface area contributed by atoms with Gasteiger partial charge in [-0.25, -0.2) is 0 Å². The van der Waals surface area contributed by atoms with Gasteiger partial charge in [-0.1, -0.05) is 0 Å². The molecule has 1 aliphatic heterocycles. The Morgan fingerprint density at radius 3 is 3.05 bits per heavy atom. The first-order valence-electron chi connectivity index (χ1n) is 7.36. The lowest BCUT2D eigenvalue weighted by molar-refractivity contribution is -0.0212. The molecule has 0 bridgehead atoms. The molecule has 1 atom stereocenters. The largest absolute Gasteiger partial charge is 0.376 e. The van der Waals surface area contributed by atoms with Crippen LogP contribution in [0.25, 0.3) is 0 Å². The summed E-state index contributed by atoms with van der Waals surface area (Å²) in [7, 11) is 0. The number of thiophene rings is 1. The van der Waals surface area contributed by atoms with Crippen molar-refractivity contribution < 1.29 is 4.74 Å². The molecule has 1 aromatic heterocycles. The van der Waals surface area contributed by atoms with Crippen molar-refractivity contribution in [1.29, 1.82) is 0 Å². The molecule has 1 unspecified atom stereocenters. The minimum Gasteiger partial charge on any atom is -0.376 e. The van der Waals surface area contributed by atoms with Crippen molar-refractivity contribution in [3.63, 3.8) is 0 Å². The molecule has 1 saturated heterocycles. The lowest BCUT2D eigenvalue weighted by Crippen LogP contribution is -2.40. The Balaban J connectivity index is 1.56. The first kappa shape index (κ1) is 13.6. The molecule has 0 spiro atoms. The molecule has 1 N–H and O–H groups in total. The van der Waals surface area contributed by atoms with Gasteiger partial charge in [0.25, 0.3) is 0 Å². The molecule has 106 valence electrons. The van der Waals surface area contributed by atoms with Crippen molar-refractivity contribution in [3.8, 4) is 0 Å². The molecule has 3 rings (SSSR count). The fraction of sp³-hybridized carbons (Fsp3) is 0.733. The molecular formula is C15H24N2OS. The van der Waals surface area contributed by atoms with Crippen molar-refractivity contribution in [3.05, 3.63) is 21.4 Å². The van der Waals surface area contributed by atoms with Gasteiger partial charge < -0.3 is 10.1 Å². The molecule has 0 amide bonds. The second kappa shape index (κ2) is 5.92. The van der Waals surface area contributed by atoms with E-state index >= 15 is 0 Å². The lowest BCUT2D eigenvalue weighted by Gasteiger charge is -2.31. The molecule has 1 aliphatic carbocycles. The van der Waals surface area contributed by atoms with Crippen molar-refractivity contribution in [1.82, 2.24) is 10.2 Å². The fourth-order valence-electron chi connectivity index (χ4n) is 2.64. The highest BCUT2D eigenvalue weighted by Gasteiger charge is 2.21. The van der Waals surface area contributed by atoms with Crippen LogP contribution < -0.4 is 5.32 Å². The third-order valence-electron chi connectivity index (χ3n) is 3.93. The summed E-state index contributed by atoms with van der Waals surface area (Å²) in [6, 6.07) is 3.20. The van der Waals surface area contributed by atoms with Gasteiger partial charge in [-0.15, -0.1) is 11.3 Å². The number of ether oxygens (including phenoxy) is 1. The van der Waals surface area contributed by atoms with Crippen LogP contribution in [0.4, 0.5) is 0 Å². The second-order valence-electron chi connectivity index (χ2n) is 5.87. The maximum atomic E-state index is 5.60. The van der Waals surface area contributed by atoms with Crippen LogP contribution in [0, 0.1) is 6.92 Å². The summed E-state index contributed by atoms with van der Waals surface area (Å²) >= 11 is 1.95. The maximum Gasteiger partial charge on any atom is 0.0674 e. The van der Waals surface area contributed by atoms with E-state index in [1.807, 2.05) is 11.3 Å². The van der Waals surface area contributed by atoms with Crippen LogP contribution in [0.3, 0.4) is 0 Å². The van der Waals surface area contributed by atoms with Gasteiger partial charge in [-0.3, -0.25) is 4.90 Å². The monoisotopic (exact) mass is 280 g/mol. The van der Waals surface area contributed by atoms with Crippen LogP contribution in [0.1, 0.15) is 35.1 Å². The SMILES string of the molecule is Cc1sc(CNC2CC2)cc1CN1CCOC(C)C1. The van der Waals surface area contributed by atoms with Crippen LogP contribution in [-0.4, -0.2) is 36.7 Å². The molecule has 2 fully saturated rings. The smallest absolute Gasteiger partial charge is 0.0674 e. The normalized spacial score (nSPS) is 24.8. The summed E-state index contributed by atoms with van der Waals surface area (Å²) in [6.07, 6.45) is 3.11. The van der Waals surface area contributed by atoms with Crippen LogP contribution in [0.15, 0.2) is 6.07 Å². The van der Waals surface area contributed by atoms with Gasteiger partial charge in [0.2, 0.25) is 0 Å². The Morgan fingerprint density at radius 2 is 2.32 bits per heavy atom. The van der Waals surface area contributed by atoms with Crippen molar-refractivity contribution in [2.24, 2.45) is 0 Å². The molecule has 1 saturated carbocycles. The zero-order valence-electron chi connectivity index (χ0n) is 11.9. The highest BCUT2D eigenvalue weighted by molar-refractivity contribution is 7.12. The Labute approximate surface area is 119 Å². The van der Waals surface area contributed by atoms with Crippen LogP contribution in [-0.2, 0) is 17.8 Å². The zero-order valence-corrected chi connectivity index (χ0v) is 12.8. The Bertz CT molecular complexity index is 428. The molecule has 0 radical (unpaired) electrons. The summed E-state index contributed by atoms with van der Waals surface area (Å²) < 4.78 is 5.60. The molecule has 4 heteroatoms. The molecule has 2 heterocycles. The number of rotatable bonds is 5. The average Bonchev–Trinajstić information content (AvgIpc) is 3.13. The summed E-state index contributed by atoms with van der Waals surface area (Å²) in [5.74, 6) is 0. The summed E-state index contributed by atoms with van der Waals surface area (Å²) in [5.41, 5.74) is 1.51. The number of morpholine rings is 1. The predicted molar refractivity (Wildman–Crippen MR) is 79.6 cm³/mol. The van der Waals surface area contributed by atoms with Crippen molar-refractivity contribution in [2.45, 2.75) is 51.9 Å². The molecule has 3 nitrogen and oxygen atoms in total. The standard InChI is InChI=1S/C15H24N2OS/c1-11-9-17(5-6-18-11)10-13-7-15(19-12(13)2)8-16-14-3-4-14/h7,11,14,16H,3-6,8-10H2,1-2H3. The van der Waals surface area contributed by atoms with Gasteiger partial charge in [-0.2, -0.15) is 0 Å². The first-order chi connectivity index (χ1) is 9.20. The molecule has 0 aromatic carbocycles. The highest BCUT2D eigenvalue weighted by atomic mass is 32.1. The topological polar surface area (TPSA) is 24.5 Å². The second-order valence-corrected chi connectivity index (χ2v) is 7.21. The number of hydrogen-bond donors (Lipinski definition) is 1. The van der Waals surface area contributed by atoms with Gasteiger partial charge in [0.15, 0.2) is 0 Å². The van der Waals surface area contributed by atoms with E-state index < -0.39 is 0 Å². The van der Waals surface area contributed by atoms with E-state index in [2.05, 4.69) is 30.1 Å². The van der Waals surface area contributed by atoms with E-state index in [1.165, 1.54) is 28.2 Å². The Kier molecular flexibility index (Phi) is 4.22. The van der Waals surface area contributed by atoms with Crippen LogP contribution >= 0.6 is 11.3 Å². The lowest BCUT2D eigenvalue weighted by atomic mass is 10.2. The summed E-state index contributed by atoms with van der Waals surface area (Å²) in [6.45, 7) is 9.55. The van der Waals surface area contributed by atoms with Crippen molar-refractivity contribution in [2.75, 3.05) is 19.7 Å². The molecular weight excluding hydrogens is 256 g/mol. The van der Waals surface area contributed by atoms with Crippen LogP contribution in [0.5, 0.6) is 0 Å².